The molecule has 0 fully saturated rings. The lowest BCUT2D eigenvalue weighted by molar-refractivity contribution is -0.143. The van der Waals surface area contributed by atoms with E-state index in [2.05, 4.69) is 4.72 Å². The van der Waals surface area contributed by atoms with Gasteiger partial charge in [-0.2, -0.15) is 0 Å². The lowest BCUT2D eigenvalue weighted by atomic mass is 10.3. The fourth-order valence-electron chi connectivity index (χ4n) is 1.50. The summed E-state index contributed by atoms with van der Waals surface area (Å²) < 4.78 is 43.8. The molecule has 0 unspecified atom stereocenters. The molecule has 1 aromatic rings. The zero-order valence-electron chi connectivity index (χ0n) is 11.1. The molecule has 0 radical (unpaired) electrons. The van der Waals surface area contributed by atoms with Gasteiger partial charge in [-0.1, -0.05) is 0 Å². The molecule has 0 aliphatic rings. The van der Waals surface area contributed by atoms with Crippen LogP contribution in [0.4, 0.5) is 10.1 Å². The summed E-state index contributed by atoms with van der Waals surface area (Å²) in [5, 5.41) is 0. The molecule has 0 saturated carbocycles. The topological polar surface area (TPSA) is 98.5 Å². The molecule has 112 valence electrons. The van der Waals surface area contributed by atoms with Crippen LogP contribution in [-0.4, -0.2) is 27.5 Å². The van der Waals surface area contributed by atoms with Gasteiger partial charge in [-0.05, 0) is 31.5 Å². The largest absolute Gasteiger partial charge is 0.466 e. The molecule has 1 aromatic carbocycles. The van der Waals surface area contributed by atoms with Crippen LogP contribution in [0.3, 0.4) is 0 Å². The van der Waals surface area contributed by atoms with Crippen LogP contribution in [0, 0.1) is 5.82 Å². The number of ether oxygens (including phenoxy) is 1. The zero-order chi connectivity index (χ0) is 15.2. The lowest BCUT2D eigenvalue weighted by Gasteiger charge is -2.07. The van der Waals surface area contributed by atoms with Gasteiger partial charge in [0.05, 0.1) is 11.5 Å². The SMILES string of the molecule is CCOC(=O)CCCNS(=O)(=O)c1cc(N)cc(F)c1. The van der Waals surface area contributed by atoms with Crippen LogP contribution in [0.5, 0.6) is 0 Å². The summed E-state index contributed by atoms with van der Waals surface area (Å²) in [6, 6.07) is 3.07. The van der Waals surface area contributed by atoms with Gasteiger partial charge in [0.15, 0.2) is 0 Å². The van der Waals surface area contributed by atoms with Crippen molar-refractivity contribution >= 4 is 21.7 Å². The van der Waals surface area contributed by atoms with E-state index in [9.17, 15) is 17.6 Å². The lowest BCUT2D eigenvalue weighted by Crippen LogP contribution is -2.25. The third-order valence-corrected chi connectivity index (χ3v) is 3.80. The first-order chi connectivity index (χ1) is 9.35. The number of hydrogen-bond acceptors (Lipinski definition) is 5. The van der Waals surface area contributed by atoms with Crippen LogP contribution >= 0.6 is 0 Å². The van der Waals surface area contributed by atoms with E-state index in [1.807, 2.05) is 0 Å². The van der Waals surface area contributed by atoms with Gasteiger partial charge in [0.25, 0.3) is 0 Å². The molecule has 0 bridgehead atoms. The predicted octanol–water partition coefficient (Wildman–Crippen LogP) is 1.03. The summed E-state index contributed by atoms with van der Waals surface area (Å²) in [7, 11) is -3.84. The van der Waals surface area contributed by atoms with Gasteiger partial charge >= 0.3 is 5.97 Å². The molecule has 0 atom stereocenters. The van der Waals surface area contributed by atoms with Gasteiger partial charge in [-0.15, -0.1) is 0 Å². The average molecular weight is 304 g/mol. The third kappa shape index (κ3) is 5.14. The number of halogens is 1. The van der Waals surface area contributed by atoms with Gasteiger partial charge in [0, 0.05) is 18.7 Å². The van der Waals surface area contributed by atoms with Gasteiger partial charge in [0.1, 0.15) is 5.82 Å². The zero-order valence-corrected chi connectivity index (χ0v) is 11.9. The molecule has 0 saturated heterocycles. The van der Waals surface area contributed by atoms with Crippen molar-refractivity contribution in [3.8, 4) is 0 Å². The summed E-state index contributed by atoms with van der Waals surface area (Å²) >= 11 is 0. The molecule has 8 heteroatoms. The Morgan fingerprint density at radius 1 is 1.40 bits per heavy atom. The fraction of sp³-hybridized carbons (Fsp3) is 0.417. The van der Waals surface area contributed by atoms with Crippen molar-refractivity contribution in [2.24, 2.45) is 0 Å². The smallest absolute Gasteiger partial charge is 0.305 e. The maximum Gasteiger partial charge on any atom is 0.305 e. The molecule has 0 amide bonds. The standard InChI is InChI=1S/C12H17FN2O4S/c1-2-19-12(16)4-3-5-15-20(17,18)11-7-9(13)6-10(14)8-11/h6-8,15H,2-5,14H2,1H3. The minimum atomic E-state index is -3.84. The van der Waals surface area contributed by atoms with E-state index < -0.39 is 15.8 Å². The van der Waals surface area contributed by atoms with Crippen LogP contribution in [0.25, 0.3) is 0 Å². The van der Waals surface area contributed by atoms with Crippen molar-refractivity contribution in [2.45, 2.75) is 24.7 Å². The Morgan fingerprint density at radius 2 is 2.10 bits per heavy atom. The van der Waals surface area contributed by atoms with E-state index in [0.29, 0.717) is 6.42 Å². The quantitative estimate of drug-likeness (QED) is 0.445. The minimum absolute atomic E-state index is 0.0249. The van der Waals surface area contributed by atoms with Gasteiger partial charge in [-0.3, -0.25) is 4.79 Å². The first-order valence-corrected chi connectivity index (χ1v) is 7.55. The number of carbonyl (C=O) groups is 1. The van der Waals surface area contributed by atoms with Gasteiger partial charge in [-0.25, -0.2) is 17.5 Å². The Bertz CT molecular complexity index is 555. The minimum Gasteiger partial charge on any atom is -0.466 e. The number of anilines is 1. The molecule has 20 heavy (non-hydrogen) atoms. The monoisotopic (exact) mass is 304 g/mol. The van der Waals surface area contributed by atoms with E-state index in [0.717, 1.165) is 18.2 Å². The van der Waals surface area contributed by atoms with Crippen LogP contribution < -0.4 is 10.5 Å². The first kappa shape index (κ1) is 16.4. The molecular weight excluding hydrogens is 287 g/mol. The Hall–Kier alpha value is -1.67. The highest BCUT2D eigenvalue weighted by Crippen LogP contribution is 2.15. The van der Waals surface area contributed by atoms with Crippen LogP contribution in [0.1, 0.15) is 19.8 Å². The van der Waals surface area contributed by atoms with Crippen LogP contribution in [0.2, 0.25) is 0 Å². The van der Waals surface area contributed by atoms with E-state index in [4.69, 9.17) is 10.5 Å². The van der Waals surface area contributed by atoms with E-state index >= 15 is 0 Å². The number of esters is 1. The highest BCUT2D eigenvalue weighted by molar-refractivity contribution is 7.89. The second-order valence-electron chi connectivity index (χ2n) is 4.03. The number of nitrogen functional groups attached to an aromatic ring is 1. The summed E-state index contributed by atoms with van der Waals surface area (Å²) in [6.07, 6.45) is 0.407. The maximum absolute atomic E-state index is 13.1. The highest BCUT2D eigenvalue weighted by Gasteiger charge is 2.15. The van der Waals surface area contributed by atoms with E-state index in [1.54, 1.807) is 6.92 Å². The molecule has 1 rings (SSSR count). The summed E-state index contributed by atoms with van der Waals surface area (Å²) in [5.74, 6) is -1.11. The molecule has 6 nitrogen and oxygen atoms in total. The molecule has 0 heterocycles. The molecular formula is C12H17FN2O4S. The van der Waals surface area contributed by atoms with Crippen molar-refractivity contribution < 1.29 is 22.3 Å². The Morgan fingerprint density at radius 3 is 2.70 bits per heavy atom. The van der Waals surface area contributed by atoms with Crippen molar-refractivity contribution in [2.75, 3.05) is 18.9 Å². The summed E-state index contributed by atoms with van der Waals surface area (Å²) in [5.41, 5.74) is 5.42. The predicted molar refractivity (Wildman–Crippen MR) is 71.9 cm³/mol. The maximum atomic E-state index is 13.1. The highest BCUT2D eigenvalue weighted by atomic mass is 32.2. The third-order valence-electron chi connectivity index (χ3n) is 2.36. The molecule has 0 aromatic heterocycles. The molecule has 0 aliphatic heterocycles. The second kappa shape index (κ2) is 7.20. The Balaban J connectivity index is 2.56. The van der Waals surface area contributed by atoms with Crippen LogP contribution in [0.15, 0.2) is 23.1 Å². The second-order valence-corrected chi connectivity index (χ2v) is 5.79. The van der Waals surface area contributed by atoms with Gasteiger partial charge in [0.2, 0.25) is 10.0 Å². The van der Waals surface area contributed by atoms with Crippen molar-refractivity contribution in [1.29, 1.82) is 0 Å². The fourth-order valence-corrected chi connectivity index (χ4v) is 2.63. The number of nitrogens with one attached hydrogen (secondary N) is 1. The molecule has 0 spiro atoms. The number of hydrogen-bond donors (Lipinski definition) is 2. The number of benzene rings is 1. The first-order valence-electron chi connectivity index (χ1n) is 6.06. The van der Waals surface area contributed by atoms with E-state index in [1.165, 1.54) is 0 Å². The van der Waals surface area contributed by atoms with Crippen molar-refractivity contribution in [3.63, 3.8) is 0 Å². The number of nitrogens with two attached hydrogens (primary N) is 1. The Labute approximate surface area is 117 Å². The summed E-state index contributed by atoms with van der Waals surface area (Å²) in [6.45, 7) is 2.03. The average Bonchev–Trinajstić information content (AvgIpc) is 2.34. The molecule has 3 N–H and O–H groups in total. The number of carbonyl (C=O) groups excluding carboxylic acids is 1. The summed E-state index contributed by atoms with van der Waals surface area (Å²) in [4.78, 5) is 10.8. The molecule has 0 aliphatic carbocycles. The normalized spacial score (nSPS) is 11.3. The van der Waals surface area contributed by atoms with Gasteiger partial charge < -0.3 is 10.5 Å². The van der Waals surface area contributed by atoms with Crippen molar-refractivity contribution in [3.05, 3.63) is 24.0 Å². The Kier molecular flexibility index (Phi) is 5.90. The number of sulfonamides is 1. The van der Waals surface area contributed by atoms with Crippen LogP contribution in [-0.2, 0) is 19.6 Å². The number of rotatable bonds is 7. The van der Waals surface area contributed by atoms with Crippen molar-refractivity contribution in [1.82, 2.24) is 4.72 Å². The van der Waals surface area contributed by atoms with E-state index in [-0.39, 0.29) is 36.1 Å².